The summed E-state index contributed by atoms with van der Waals surface area (Å²) in [7, 11) is 1.42. The van der Waals surface area contributed by atoms with E-state index in [4.69, 9.17) is 4.74 Å². The van der Waals surface area contributed by atoms with Gasteiger partial charge in [0.2, 0.25) is 0 Å². The van der Waals surface area contributed by atoms with E-state index in [-0.39, 0.29) is 29.0 Å². The molecule has 4 aliphatic rings. The molecule has 0 aromatic rings. The second-order valence-electron chi connectivity index (χ2n) is 8.02. The zero-order chi connectivity index (χ0) is 16.4. The maximum absolute atomic E-state index is 12.9. The Labute approximate surface area is 132 Å². The Morgan fingerprint density at radius 2 is 1.82 bits per heavy atom. The van der Waals surface area contributed by atoms with E-state index in [1.54, 1.807) is 0 Å². The molecule has 4 aliphatic carbocycles. The molecule has 1 fully saturated rings. The van der Waals surface area contributed by atoms with Crippen LogP contribution in [0.2, 0.25) is 0 Å². The van der Waals surface area contributed by atoms with E-state index < -0.39 is 11.3 Å². The molecule has 0 aromatic heterocycles. The van der Waals surface area contributed by atoms with Gasteiger partial charge in [-0.1, -0.05) is 44.1 Å². The minimum Gasteiger partial charge on any atom is -0.469 e. The Hall–Kier alpha value is -1.38. The second-order valence-corrected chi connectivity index (χ2v) is 8.02. The molecule has 0 radical (unpaired) electrons. The van der Waals surface area contributed by atoms with Crippen LogP contribution in [0, 0.1) is 34.5 Å². The van der Waals surface area contributed by atoms with Gasteiger partial charge in [-0.25, -0.2) is 0 Å². The van der Waals surface area contributed by atoms with Crippen LogP contribution < -0.4 is 0 Å². The summed E-state index contributed by atoms with van der Waals surface area (Å²) in [6.45, 7) is 10.8. The number of esters is 1. The summed E-state index contributed by atoms with van der Waals surface area (Å²) in [5.74, 6) is -0.167. The van der Waals surface area contributed by atoms with Gasteiger partial charge in [-0.05, 0) is 31.1 Å². The van der Waals surface area contributed by atoms with Gasteiger partial charge in [-0.15, -0.1) is 0 Å². The highest BCUT2D eigenvalue weighted by Gasteiger charge is 2.63. The lowest BCUT2D eigenvalue weighted by Crippen LogP contribution is -2.49. The van der Waals surface area contributed by atoms with Gasteiger partial charge in [-0.2, -0.15) is 0 Å². The smallest absolute Gasteiger partial charge is 0.310 e. The molecule has 0 amide bonds. The largest absolute Gasteiger partial charge is 0.469 e. The molecule has 0 aromatic carbocycles. The molecule has 3 nitrogen and oxygen atoms in total. The van der Waals surface area contributed by atoms with Gasteiger partial charge in [-0.3, -0.25) is 9.59 Å². The van der Waals surface area contributed by atoms with Crippen LogP contribution in [0.15, 0.2) is 23.3 Å². The fourth-order valence-electron chi connectivity index (χ4n) is 5.66. The van der Waals surface area contributed by atoms with E-state index in [9.17, 15) is 9.59 Å². The molecule has 0 spiro atoms. The van der Waals surface area contributed by atoms with E-state index in [0.717, 1.165) is 0 Å². The van der Waals surface area contributed by atoms with Crippen molar-refractivity contribution in [1.82, 2.24) is 0 Å². The van der Waals surface area contributed by atoms with E-state index in [1.165, 1.54) is 18.3 Å². The highest BCUT2D eigenvalue weighted by Crippen LogP contribution is 2.63. The maximum atomic E-state index is 12.9. The third-order valence-electron chi connectivity index (χ3n) is 6.72. The standard InChI is InChI=1S/C19H26O3/c1-10-7-18(4)8-11(2)15-14(16(18)17(21)22-6)13(20)9-19(15,5)12(10)3/h7-8,12,14-16H,9H2,1-6H3/b10-7-/t12-,14?,15?,16?,18?,19-/m0/s1. The van der Waals surface area contributed by atoms with Crippen LogP contribution in [-0.4, -0.2) is 18.9 Å². The number of Topliss-reactive ketones (excluding diaryl/α,β-unsaturated/α-hetero) is 1. The topological polar surface area (TPSA) is 43.4 Å². The van der Waals surface area contributed by atoms with Crippen molar-refractivity contribution < 1.29 is 14.3 Å². The van der Waals surface area contributed by atoms with Gasteiger partial charge in [0, 0.05) is 17.8 Å². The Morgan fingerprint density at radius 3 is 2.41 bits per heavy atom. The number of rotatable bonds is 1. The SMILES string of the molecule is COC(=O)C1C2C(=O)C[C@]3(C)C2C(C)=CC1(C)/C=C(/C)[C@@H]3C. The summed E-state index contributed by atoms with van der Waals surface area (Å²) in [6, 6.07) is 0. The van der Waals surface area contributed by atoms with Gasteiger partial charge in [0.15, 0.2) is 0 Å². The monoisotopic (exact) mass is 302 g/mol. The summed E-state index contributed by atoms with van der Waals surface area (Å²) in [6.07, 6.45) is 4.98. The van der Waals surface area contributed by atoms with Crippen molar-refractivity contribution in [3.05, 3.63) is 23.3 Å². The van der Waals surface area contributed by atoms with Crippen LogP contribution >= 0.6 is 0 Å². The van der Waals surface area contributed by atoms with E-state index in [2.05, 4.69) is 46.8 Å². The van der Waals surface area contributed by atoms with Crippen molar-refractivity contribution in [2.24, 2.45) is 34.5 Å². The van der Waals surface area contributed by atoms with Crippen molar-refractivity contribution in [3.8, 4) is 0 Å². The number of carbonyl (C=O) groups excluding carboxylic acids is 2. The first kappa shape index (κ1) is 15.5. The average Bonchev–Trinajstić information content (AvgIpc) is 2.69. The third kappa shape index (κ3) is 1.74. The first-order chi connectivity index (χ1) is 10.2. The molecule has 0 heterocycles. The number of hydrogen-bond donors (Lipinski definition) is 0. The van der Waals surface area contributed by atoms with Crippen molar-refractivity contribution in [3.63, 3.8) is 0 Å². The lowest BCUT2D eigenvalue weighted by molar-refractivity contribution is -0.154. The van der Waals surface area contributed by atoms with Crippen LogP contribution in [0.25, 0.3) is 0 Å². The first-order valence-corrected chi connectivity index (χ1v) is 8.15. The second kappa shape index (κ2) is 4.56. The van der Waals surface area contributed by atoms with E-state index in [1.807, 2.05) is 0 Å². The molecule has 4 bridgehead atoms. The molecular formula is C19H26O3. The maximum Gasteiger partial charge on any atom is 0.310 e. The molecule has 0 aliphatic heterocycles. The van der Waals surface area contributed by atoms with Crippen LogP contribution in [0.4, 0.5) is 0 Å². The molecule has 0 saturated heterocycles. The number of carbonyl (C=O) groups is 2. The van der Waals surface area contributed by atoms with Crippen LogP contribution in [0.1, 0.15) is 41.0 Å². The summed E-state index contributed by atoms with van der Waals surface area (Å²) in [5, 5.41) is 0. The van der Waals surface area contributed by atoms with E-state index >= 15 is 0 Å². The fourth-order valence-corrected chi connectivity index (χ4v) is 5.66. The number of allylic oxidation sites excluding steroid dienone is 4. The highest BCUT2D eigenvalue weighted by molar-refractivity contribution is 5.92. The van der Waals surface area contributed by atoms with Gasteiger partial charge >= 0.3 is 5.97 Å². The molecule has 22 heavy (non-hydrogen) atoms. The Morgan fingerprint density at radius 1 is 1.23 bits per heavy atom. The molecule has 1 saturated carbocycles. The number of fused-ring (bicyclic) bond motifs is 1. The predicted molar refractivity (Wildman–Crippen MR) is 85.0 cm³/mol. The number of ketones is 1. The molecule has 120 valence electrons. The third-order valence-corrected chi connectivity index (χ3v) is 6.72. The van der Waals surface area contributed by atoms with Gasteiger partial charge < -0.3 is 4.74 Å². The molecule has 3 heteroatoms. The Bertz CT molecular complexity index is 614. The van der Waals surface area contributed by atoms with Gasteiger partial charge in [0.1, 0.15) is 5.78 Å². The number of methoxy groups -OCH3 is 1. The van der Waals surface area contributed by atoms with Crippen LogP contribution in [0.5, 0.6) is 0 Å². The van der Waals surface area contributed by atoms with Crippen molar-refractivity contribution >= 4 is 11.8 Å². The quantitative estimate of drug-likeness (QED) is 0.549. The predicted octanol–water partition coefficient (Wildman–Crippen LogP) is 3.55. The molecule has 4 rings (SSSR count). The highest BCUT2D eigenvalue weighted by atomic mass is 16.5. The van der Waals surface area contributed by atoms with Gasteiger partial charge in [0.25, 0.3) is 0 Å². The fraction of sp³-hybridized carbons (Fsp3) is 0.684. The normalized spacial score (nSPS) is 49.1. The minimum absolute atomic E-state index is 0.100. The summed E-state index contributed by atoms with van der Waals surface area (Å²) < 4.78 is 5.08. The van der Waals surface area contributed by atoms with Crippen molar-refractivity contribution in [2.75, 3.05) is 7.11 Å². The summed E-state index contributed by atoms with van der Waals surface area (Å²) in [5.41, 5.74) is 2.01. The number of ether oxygens (including phenoxy) is 1. The average molecular weight is 302 g/mol. The van der Waals surface area contributed by atoms with Crippen molar-refractivity contribution in [2.45, 2.75) is 41.0 Å². The molecule has 6 atom stereocenters. The zero-order valence-corrected chi connectivity index (χ0v) is 14.4. The Balaban J connectivity index is 2.31. The minimum atomic E-state index is -0.433. The molecule has 0 N–H and O–H groups in total. The zero-order valence-electron chi connectivity index (χ0n) is 14.4. The lowest BCUT2D eigenvalue weighted by atomic mass is 9.53. The Kier molecular flexibility index (Phi) is 3.22. The molecule has 4 unspecified atom stereocenters. The lowest BCUT2D eigenvalue weighted by Gasteiger charge is -2.50. The molecular weight excluding hydrogens is 276 g/mol. The summed E-state index contributed by atoms with van der Waals surface area (Å²) in [4.78, 5) is 25.4. The van der Waals surface area contributed by atoms with Crippen molar-refractivity contribution in [1.29, 1.82) is 0 Å². The van der Waals surface area contributed by atoms with Crippen LogP contribution in [0.3, 0.4) is 0 Å². The van der Waals surface area contributed by atoms with Gasteiger partial charge in [0.05, 0.1) is 13.0 Å². The van der Waals surface area contributed by atoms with Crippen LogP contribution in [-0.2, 0) is 14.3 Å². The van der Waals surface area contributed by atoms with E-state index in [0.29, 0.717) is 12.3 Å². The number of hydrogen-bond acceptors (Lipinski definition) is 3. The first-order valence-electron chi connectivity index (χ1n) is 8.15. The summed E-state index contributed by atoms with van der Waals surface area (Å²) >= 11 is 0.